The van der Waals surface area contributed by atoms with Crippen molar-refractivity contribution in [2.45, 2.75) is 118 Å². The minimum absolute atomic E-state index is 0.718. The highest BCUT2D eigenvalue weighted by Crippen LogP contribution is 2.96. The molecule has 0 unspecified atom stereocenters. The molecule has 0 nitrogen and oxygen atoms in total. The molecule has 0 fully saturated rings. The molecule has 20 aliphatic rings. The molecular weight excluding hydrogens is 721 g/mol. The van der Waals surface area contributed by atoms with E-state index in [1.54, 1.807) is 0 Å². The summed E-state index contributed by atoms with van der Waals surface area (Å²) in [6.45, 7) is 0. The van der Waals surface area contributed by atoms with E-state index in [9.17, 15) is 0 Å². The molecule has 0 N–H and O–H groups in total. The average molecular weight is 741 g/mol. The number of rotatable bonds is 0. The van der Waals surface area contributed by atoms with Crippen LogP contribution in [0.5, 0.6) is 0 Å². The van der Waals surface area contributed by atoms with E-state index in [4.69, 9.17) is 0 Å². The van der Waals surface area contributed by atoms with Gasteiger partial charge in [-0.2, -0.15) is 0 Å². The lowest BCUT2D eigenvalue weighted by molar-refractivity contribution is 0.185. The second-order valence-corrected chi connectivity index (χ2v) is 26.3. The van der Waals surface area contributed by atoms with Crippen LogP contribution >= 0.6 is 0 Å². The van der Waals surface area contributed by atoms with Crippen LogP contribution in [0.15, 0.2) is 0 Å². The van der Waals surface area contributed by atoms with Gasteiger partial charge in [-0.3, -0.25) is 0 Å². The molecule has 0 saturated carbocycles. The van der Waals surface area contributed by atoms with Crippen molar-refractivity contribution < 1.29 is 0 Å². The van der Waals surface area contributed by atoms with Gasteiger partial charge in [0.25, 0.3) is 0 Å². The highest BCUT2D eigenvalue weighted by molar-refractivity contribution is 6.52. The van der Waals surface area contributed by atoms with Crippen molar-refractivity contribution in [3.8, 4) is 0 Å². The van der Waals surface area contributed by atoms with Gasteiger partial charge in [0.1, 0.15) is 0 Å². The van der Waals surface area contributed by atoms with Crippen LogP contribution in [0.25, 0.3) is 108 Å². The van der Waals surface area contributed by atoms with Gasteiger partial charge < -0.3 is 0 Å². The van der Waals surface area contributed by atoms with E-state index in [1.165, 1.54) is 0 Å². The van der Waals surface area contributed by atoms with Crippen LogP contribution in [-0.4, -0.2) is 0 Å². The number of benzene rings is 10. The third-order valence-corrected chi connectivity index (χ3v) is 27.7. The van der Waals surface area contributed by atoms with Gasteiger partial charge in [0.2, 0.25) is 0 Å². The van der Waals surface area contributed by atoms with E-state index >= 15 is 0 Å². The summed E-state index contributed by atoms with van der Waals surface area (Å²) in [5.74, 6) is 14.4. The zero-order chi connectivity index (χ0) is 34.6. The summed E-state index contributed by atoms with van der Waals surface area (Å²) in [7, 11) is 0. The highest BCUT2D eigenvalue weighted by atomic mass is 14.8. The quantitative estimate of drug-likeness (QED) is 0.136. The molecule has 12 aromatic carbocycles. The maximum absolute atomic E-state index is 2.03. The topological polar surface area (TPSA) is 0 Å². The van der Waals surface area contributed by atoms with Crippen LogP contribution in [-0.2, 0) is 0 Å². The summed E-state index contributed by atoms with van der Waals surface area (Å²) in [5, 5.41) is 38.4. The normalized spacial score (nSPS) is 48.0. The first-order valence-electron chi connectivity index (χ1n) is 24.9. The molecule has 0 amide bonds. The minimum atomic E-state index is 0.718. The molecule has 0 atom stereocenters. The Balaban J connectivity index is 1.13. The van der Waals surface area contributed by atoms with E-state index < -0.39 is 0 Å². The molecule has 12 aromatic rings. The monoisotopic (exact) mass is 740 g/mol. The van der Waals surface area contributed by atoms with E-state index in [-0.39, 0.29) is 0 Å². The van der Waals surface area contributed by atoms with Gasteiger partial charge in [0.05, 0.1) is 0 Å². The van der Waals surface area contributed by atoms with E-state index in [2.05, 4.69) is 0 Å². The lowest BCUT2D eigenvalue weighted by atomic mass is 9.44. The first-order valence-corrected chi connectivity index (χ1v) is 24.9. The Labute approximate surface area is 335 Å². The molecule has 0 heterocycles. The van der Waals surface area contributed by atoms with Crippen molar-refractivity contribution in [2.24, 2.45) is 0 Å². The molecule has 60 heavy (non-hydrogen) atoms. The van der Waals surface area contributed by atoms with Gasteiger partial charge in [0.15, 0.2) is 0 Å². The largest absolute Gasteiger partial charge is 0.0313 e. The maximum atomic E-state index is 2.03. The second kappa shape index (κ2) is 4.91. The zero-order valence-corrected chi connectivity index (χ0v) is 31.5. The number of hydrogen-bond donors (Lipinski definition) is 0. The van der Waals surface area contributed by atoms with Crippen molar-refractivity contribution in [3.05, 3.63) is 111 Å². The first kappa shape index (κ1) is 22.1. The van der Waals surface area contributed by atoms with Gasteiger partial charge in [-0.25, -0.2) is 0 Å². The fourth-order valence-corrected chi connectivity index (χ4v) is 29.2. The average Bonchev–Trinajstić information content (AvgIpc) is 4.09. The van der Waals surface area contributed by atoms with Gasteiger partial charge in [-0.05, 0) is 337 Å². The van der Waals surface area contributed by atoms with Gasteiger partial charge in [0, 0.05) is 0 Å². The van der Waals surface area contributed by atoms with Crippen LogP contribution in [0, 0.1) is 0 Å². The Morgan fingerprint density at radius 2 is 0.150 bits per heavy atom. The summed E-state index contributed by atoms with van der Waals surface area (Å²) in [5.41, 5.74) is 40.6. The Hall–Kier alpha value is -5.20. The van der Waals surface area contributed by atoms with E-state index in [1.807, 2.05) is 219 Å². The van der Waals surface area contributed by atoms with Crippen LogP contribution < -0.4 is 0 Å². The Morgan fingerprint density at radius 1 is 0.0833 bits per heavy atom. The number of hydrogen-bond acceptors (Lipinski definition) is 0. The Morgan fingerprint density at radius 3 is 0.217 bits per heavy atom. The molecule has 260 valence electrons. The van der Waals surface area contributed by atoms with Crippen molar-refractivity contribution >= 4 is 108 Å². The zero-order valence-electron chi connectivity index (χ0n) is 31.5. The summed E-state index contributed by atoms with van der Waals surface area (Å²) in [6.07, 6.45) is 0. The fourth-order valence-electron chi connectivity index (χ4n) is 29.2. The SMILES string of the molecule is c12c3c4c5c6c7c8c9c%10c%11c%12c%13c%14c(c1c1c4c7c%10c%131)C1C2C2c4c7c%10c%13c%15c%16c%17c%18c%19c%20c%21c%22c%23c(c4c4c%10c%16c%19c%224)C2C3C5C%23C%21C6C8C%20C%18C9C%11C%17C%15C%12C%14C%13C71. The third-order valence-electron chi connectivity index (χ3n) is 27.7. The van der Waals surface area contributed by atoms with E-state index in [0.717, 1.165) is 118 Å². The second-order valence-electron chi connectivity index (χ2n) is 26.3. The van der Waals surface area contributed by atoms with Crippen LogP contribution in [0.3, 0.4) is 0 Å². The van der Waals surface area contributed by atoms with Crippen LogP contribution in [0.2, 0.25) is 0 Å². The lowest BCUT2D eigenvalue weighted by Crippen LogP contribution is -2.45. The van der Waals surface area contributed by atoms with Crippen molar-refractivity contribution in [1.82, 2.24) is 0 Å². The maximum Gasteiger partial charge on any atom is -0.000204 e. The van der Waals surface area contributed by atoms with Gasteiger partial charge >= 0.3 is 0 Å². The molecule has 32 rings (SSSR count). The van der Waals surface area contributed by atoms with Crippen LogP contribution in [0.4, 0.5) is 0 Å². The summed E-state index contributed by atoms with van der Waals surface area (Å²) in [6, 6.07) is 0. The first-order chi connectivity index (χ1) is 30.0. The smallest absolute Gasteiger partial charge is 0.000204 e. The van der Waals surface area contributed by atoms with Crippen molar-refractivity contribution in [3.63, 3.8) is 0 Å². The summed E-state index contributed by atoms with van der Waals surface area (Å²) < 4.78 is 0. The molecule has 20 aliphatic carbocycles. The van der Waals surface area contributed by atoms with Gasteiger partial charge in [-0.15, -0.1) is 0 Å². The molecule has 0 aromatic heterocycles. The van der Waals surface area contributed by atoms with Gasteiger partial charge in [-0.1, -0.05) is 0 Å². The van der Waals surface area contributed by atoms with E-state index in [0.29, 0.717) is 0 Å². The fraction of sp³-hybridized carbons (Fsp3) is 0.333. The molecule has 0 radical (unpaired) electrons. The highest BCUT2D eigenvalue weighted by Gasteiger charge is 2.80. The summed E-state index contributed by atoms with van der Waals surface area (Å²) >= 11 is 0. The van der Waals surface area contributed by atoms with Crippen molar-refractivity contribution in [2.75, 3.05) is 0 Å². The summed E-state index contributed by atoms with van der Waals surface area (Å²) in [4.78, 5) is 0. The van der Waals surface area contributed by atoms with Crippen LogP contribution in [0.1, 0.15) is 230 Å². The predicted octanol–water partition coefficient (Wildman–Crippen LogP) is 13.5. The predicted molar refractivity (Wildman–Crippen MR) is 230 cm³/mol. The molecular formula is C60H20. The standard InChI is InChI=1S/C60H20/c1-2-5-6-3(1)8-12-10-4(1)9-11-7(2)17-21-13(5)23-24-14(6)22-18(8)28-20(12)30-26-16(10)15(9)25-29-19(11)27(17)37-41-31(21)33(23)43-44-34(24)32(22)42-38(28)48-40(30)46-36(26)35(25)45-39(29)47(37)55-49(41)51(43)57-52(44)50(42)56(48)59-54(46)53(45)58(55)60(57)59/h1-2,4,7,10,12,17,20-21,30-31,40-41,48-49,51,56-57,59-60H. The molecule has 0 heteroatoms. The Bertz CT molecular complexity index is 3720. The van der Waals surface area contributed by atoms with Crippen molar-refractivity contribution in [1.29, 1.82) is 0 Å². The molecule has 0 aliphatic heterocycles. The third kappa shape index (κ3) is 1.13. The molecule has 0 bridgehead atoms. The minimum Gasteiger partial charge on any atom is -0.0313 e. The Kier molecular flexibility index (Phi) is 1.80. The molecule has 0 spiro atoms. The lowest BCUT2D eigenvalue weighted by Gasteiger charge is -2.58. The molecule has 0 saturated heterocycles.